The van der Waals surface area contributed by atoms with E-state index < -0.39 is 17.8 Å². The van der Waals surface area contributed by atoms with E-state index in [1.807, 2.05) is 60.7 Å². The van der Waals surface area contributed by atoms with Crippen LogP contribution >= 0.6 is 11.8 Å². The van der Waals surface area contributed by atoms with Gasteiger partial charge in [0.1, 0.15) is 0 Å². The molecular weight excluding hydrogens is 407 g/mol. The van der Waals surface area contributed by atoms with Crippen molar-refractivity contribution in [1.29, 1.82) is 0 Å². The van der Waals surface area contributed by atoms with Crippen LogP contribution in [-0.4, -0.2) is 11.7 Å². The summed E-state index contributed by atoms with van der Waals surface area (Å²) in [6.07, 6.45) is -4.41. The lowest BCUT2D eigenvalue weighted by Gasteiger charge is -2.19. The van der Waals surface area contributed by atoms with Crippen LogP contribution in [0.3, 0.4) is 0 Å². The van der Waals surface area contributed by atoms with Gasteiger partial charge in [0, 0.05) is 0 Å². The Morgan fingerprint density at radius 3 is 1.93 bits per heavy atom. The van der Waals surface area contributed by atoms with Crippen LogP contribution in [0.1, 0.15) is 40.5 Å². The molecule has 30 heavy (non-hydrogen) atoms. The number of hydrogen-bond acceptors (Lipinski definition) is 2. The van der Waals surface area contributed by atoms with E-state index in [-0.39, 0.29) is 16.9 Å². The minimum atomic E-state index is -4.41. The average Bonchev–Trinajstić information content (AvgIpc) is 2.75. The third kappa shape index (κ3) is 5.89. The smallest absolute Gasteiger partial charge is 0.349 e. The lowest BCUT2D eigenvalue weighted by atomic mass is 10.0. The molecule has 0 radical (unpaired) electrons. The Morgan fingerprint density at radius 2 is 1.40 bits per heavy atom. The largest absolute Gasteiger partial charge is 0.416 e. The minimum Gasteiger partial charge on any atom is -0.349 e. The predicted octanol–water partition coefficient (Wildman–Crippen LogP) is 6.41. The number of hydrogen-bond donors (Lipinski definition) is 1. The summed E-state index contributed by atoms with van der Waals surface area (Å²) in [5, 5.41) is 2.79. The van der Waals surface area contributed by atoms with E-state index in [1.165, 1.54) is 17.8 Å². The van der Waals surface area contributed by atoms with Crippen molar-refractivity contribution in [1.82, 2.24) is 5.32 Å². The van der Waals surface area contributed by atoms with E-state index in [9.17, 15) is 18.0 Å². The van der Waals surface area contributed by atoms with Gasteiger partial charge in [0.25, 0.3) is 0 Å². The maximum absolute atomic E-state index is 12.9. The molecule has 0 aliphatic carbocycles. The van der Waals surface area contributed by atoms with Crippen LogP contribution in [0.2, 0.25) is 0 Å². The molecule has 0 aliphatic rings. The average molecular weight is 430 g/mol. The van der Waals surface area contributed by atoms with Crippen LogP contribution in [0.4, 0.5) is 13.2 Å². The quantitative estimate of drug-likeness (QED) is 0.470. The number of halogens is 3. The Bertz CT molecular complexity index is 921. The third-order valence-corrected chi connectivity index (χ3v) is 5.98. The molecule has 0 aromatic heterocycles. The first-order valence-electron chi connectivity index (χ1n) is 9.52. The second kappa shape index (κ2) is 9.85. The van der Waals surface area contributed by atoms with Gasteiger partial charge in [-0.25, -0.2) is 0 Å². The van der Waals surface area contributed by atoms with Gasteiger partial charge in [0.15, 0.2) is 0 Å². The fraction of sp³-hybridized carbons (Fsp3) is 0.208. The SMILES string of the molecule is CC(NC(=O)CSC(c1ccccc1)c1ccccc1)c1cccc(C(F)(F)F)c1. The second-order valence-corrected chi connectivity index (χ2v) is 8.02. The Morgan fingerprint density at radius 1 is 0.867 bits per heavy atom. The molecule has 1 N–H and O–H groups in total. The molecule has 6 heteroatoms. The summed E-state index contributed by atoms with van der Waals surface area (Å²) in [6, 6.07) is 24.3. The fourth-order valence-corrected chi connectivity index (χ4v) is 4.25. The molecule has 1 unspecified atom stereocenters. The maximum Gasteiger partial charge on any atom is 0.416 e. The van der Waals surface area contributed by atoms with Crippen LogP contribution in [-0.2, 0) is 11.0 Å². The number of carbonyl (C=O) groups excluding carboxylic acids is 1. The van der Waals surface area contributed by atoms with Crippen molar-refractivity contribution >= 4 is 17.7 Å². The number of alkyl halides is 3. The highest BCUT2D eigenvalue weighted by molar-refractivity contribution is 8.00. The van der Waals surface area contributed by atoms with Crippen molar-refractivity contribution in [3.63, 3.8) is 0 Å². The number of rotatable bonds is 7. The van der Waals surface area contributed by atoms with E-state index >= 15 is 0 Å². The Kier molecular flexibility index (Phi) is 7.21. The van der Waals surface area contributed by atoms with Gasteiger partial charge in [-0.2, -0.15) is 13.2 Å². The normalized spacial score (nSPS) is 12.6. The molecule has 0 saturated heterocycles. The molecule has 156 valence electrons. The minimum absolute atomic E-state index is 0.0120. The molecule has 0 saturated carbocycles. The molecule has 1 amide bonds. The molecule has 0 bridgehead atoms. The van der Waals surface area contributed by atoms with Crippen LogP contribution < -0.4 is 5.32 Å². The van der Waals surface area contributed by atoms with Gasteiger partial charge in [-0.05, 0) is 35.7 Å². The van der Waals surface area contributed by atoms with Crippen molar-refractivity contribution in [3.8, 4) is 0 Å². The van der Waals surface area contributed by atoms with Crippen molar-refractivity contribution in [2.45, 2.75) is 24.4 Å². The molecule has 1 atom stereocenters. The third-order valence-electron chi connectivity index (χ3n) is 4.68. The van der Waals surface area contributed by atoms with Gasteiger partial charge in [0.05, 0.1) is 22.6 Å². The molecule has 3 aromatic rings. The van der Waals surface area contributed by atoms with E-state index in [0.717, 1.165) is 23.3 Å². The molecule has 0 spiro atoms. The predicted molar refractivity (Wildman–Crippen MR) is 115 cm³/mol. The van der Waals surface area contributed by atoms with Crippen LogP contribution in [0.15, 0.2) is 84.9 Å². The van der Waals surface area contributed by atoms with E-state index in [0.29, 0.717) is 5.56 Å². The van der Waals surface area contributed by atoms with Crippen LogP contribution in [0.5, 0.6) is 0 Å². The summed E-state index contributed by atoms with van der Waals surface area (Å²) in [6.45, 7) is 1.68. The van der Waals surface area contributed by atoms with E-state index in [4.69, 9.17) is 0 Å². The molecule has 3 aromatic carbocycles. The van der Waals surface area contributed by atoms with Gasteiger partial charge in [-0.15, -0.1) is 11.8 Å². The Balaban J connectivity index is 1.66. The first kappa shape index (κ1) is 22.0. The first-order valence-corrected chi connectivity index (χ1v) is 10.6. The van der Waals surface area contributed by atoms with E-state index in [1.54, 1.807) is 13.0 Å². The zero-order valence-corrected chi connectivity index (χ0v) is 17.2. The molecular formula is C24H22F3NOS. The molecule has 0 fully saturated rings. The summed E-state index contributed by atoms with van der Waals surface area (Å²) in [5.41, 5.74) is 1.88. The fourth-order valence-electron chi connectivity index (χ4n) is 3.15. The van der Waals surface area contributed by atoms with Gasteiger partial charge < -0.3 is 5.32 Å². The summed E-state index contributed by atoms with van der Waals surface area (Å²) >= 11 is 1.49. The van der Waals surface area contributed by atoms with Crippen molar-refractivity contribution < 1.29 is 18.0 Å². The number of nitrogens with one attached hydrogen (secondary N) is 1. The Hall–Kier alpha value is -2.73. The second-order valence-electron chi connectivity index (χ2n) is 6.92. The number of benzene rings is 3. The number of thioether (sulfide) groups is 1. The summed E-state index contributed by atoms with van der Waals surface area (Å²) in [4.78, 5) is 12.5. The molecule has 0 heterocycles. The Labute approximate surface area is 178 Å². The molecule has 3 rings (SSSR count). The highest BCUT2D eigenvalue weighted by Gasteiger charge is 2.30. The highest BCUT2D eigenvalue weighted by Crippen LogP contribution is 2.35. The van der Waals surface area contributed by atoms with Crippen LogP contribution in [0, 0.1) is 0 Å². The molecule has 0 aliphatic heterocycles. The number of amides is 1. The highest BCUT2D eigenvalue weighted by atomic mass is 32.2. The zero-order chi connectivity index (χ0) is 21.6. The summed E-state index contributed by atoms with van der Waals surface area (Å²) in [5.74, 6) is -0.0284. The first-order chi connectivity index (χ1) is 14.3. The lowest BCUT2D eigenvalue weighted by molar-refractivity contribution is -0.137. The monoisotopic (exact) mass is 429 g/mol. The zero-order valence-electron chi connectivity index (χ0n) is 16.4. The lowest BCUT2D eigenvalue weighted by Crippen LogP contribution is -2.28. The van der Waals surface area contributed by atoms with Gasteiger partial charge >= 0.3 is 6.18 Å². The maximum atomic E-state index is 12.9. The van der Waals surface area contributed by atoms with Crippen LogP contribution in [0.25, 0.3) is 0 Å². The topological polar surface area (TPSA) is 29.1 Å². The standard InChI is InChI=1S/C24H22F3NOS/c1-17(20-13-8-14-21(15-20)24(25,26)27)28-22(29)16-30-23(18-9-4-2-5-10-18)19-11-6-3-7-12-19/h2-15,17,23H,16H2,1H3,(H,28,29). The summed E-state index contributed by atoms with van der Waals surface area (Å²) in [7, 11) is 0. The molecule has 2 nitrogen and oxygen atoms in total. The van der Waals surface area contributed by atoms with Crippen molar-refractivity contribution in [2.24, 2.45) is 0 Å². The van der Waals surface area contributed by atoms with Gasteiger partial charge in [-0.3, -0.25) is 4.79 Å². The van der Waals surface area contributed by atoms with Gasteiger partial charge in [0.2, 0.25) is 5.91 Å². The van der Waals surface area contributed by atoms with Gasteiger partial charge in [-0.1, -0.05) is 72.8 Å². The number of carbonyl (C=O) groups is 1. The van der Waals surface area contributed by atoms with E-state index in [2.05, 4.69) is 5.32 Å². The van der Waals surface area contributed by atoms with Crippen molar-refractivity contribution in [2.75, 3.05) is 5.75 Å². The van der Waals surface area contributed by atoms with Crippen molar-refractivity contribution in [3.05, 3.63) is 107 Å². The summed E-state index contributed by atoms with van der Waals surface area (Å²) < 4.78 is 38.8.